The highest BCUT2D eigenvalue weighted by molar-refractivity contribution is 5.94. The molecule has 1 heterocycles. The third-order valence-corrected chi connectivity index (χ3v) is 6.82. The second-order valence-corrected chi connectivity index (χ2v) is 8.80. The summed E-state index contributed by atoms with van der Waals surface area (Å²) in [6, 6.07) is 23.5. The zero-order chi connectivity index (χ0) is 23.3. The van der Waals surface area contributed by atoms with E-state index in [2.05, 4.69) is 77.7 Å². The third kappa shape index (κ3) is 5.37. The van der Waals surface area contributed by atoms with Crippen LogP contribution < -0.4 is 9.47 Å². The molecule has 1 aliphatic heterocycles. The summed E-state index contributed by atoms with van der Waals surface area (Å²) < 4.78 is 10.8. The monoisotopic (exact) mass is 485 g/mol. The van der Waals surface area contributed by atoms with E-state index in [0.29, 0.717) is 0 Å². The number of nitrogens with zero attached hydrogens (tertiary/aromatic N) is 1. The van der Waals surface area contributed by atoms with E-state index in [0.717, 1.165) is 49.5 Å². The van der Waals surface area contributed by atoms with E-state index in [1.54, 1.807) is 19.8 Å². The van der Waals surface area contributed by atoms with Crippen LogP contribution in [0.3, 0.4) is 0 Å². The predicted molar refractivity (Wildman–Crippen MR) is 149 cm³/mol. The summed E-state index contributed by atoms with van der Waals surface area (Å²) in [6.45, 7) is 3.08. The quantitative estimate of drug-likeness (QED) is 0.298. The lowest BCUT2D eigenvalue weighted by molar-refractivity contribution is 0.284. The van der Waals surface area contributed by atoms with Crippen LogP contribution in [0.4, 0.5) is 0 Å². The van der Waals surface area contributed by atoms with Gasteiger partial charge in [0.25, 0.3) is 0 Å². The molecule has 4 heteroatoms. The number of likely N-dealkylation sites (tertiary alicyclic amines) is 1. The minimum absolute atomic E-state index is 0. The maximum Gasteiger partial charge on any atom is 0.129 e. The van der Waals surface area contributed by atoms with E-state index in [4.69, 9.17) is 9.47 Å². The number of halogens is 1. The molecule has 0 unspecified atom stereocenters. The summed E-state index contributed by atoms with van der Waals surface area (Å²) in [6.07, 6.45) is 11.1. The second-order valence-electron chi connectivity index (χ2n) is 8.80. The SMILES string of the molecule is COc1ccc(C=CCN2CCC(=C3c4ccccc4C=Cc4ccccc43)CC2)c(OC)c1.Cl. The van der Waals surface area contributed by atoms with Crippen LogP contribution in [0.15, 0.2) is 78.4 Å². The van der Waals surface area contributed by atoms with Crippen molar-refractivity contribution in [1.82, 2.24) is 4.90 Å². The molecule has 0 bridgehead atoms. The van der Waals surface area contributed by atoms with Gasteiger partial charge in [0, 0.05) is 31.3 Å². The van der Waals surface area contributed by atoms with Crippen LogP contribution in [0, 0.1) is 0 Å². The molecule has 180 valence electrons. The zero-order valence-electron chi connectivity index (χ0n) is 20.4. The zero-order valence-corrected chi connectivity index (χ0v) is 21.2. The lowest BCUT2D eigenvalue weighted by Gasteiger charge is -2.29. The molecular formula is C31H32ClNO2. The number of methoxy groups -OCH3 is 2. The molecule has 1 saturated heterocycles. The first-order chi connectivity index (χ1) is 16.8. The maximum atomic E-state index is 5.52. The van der Waals surface area contributed by atoms with Crippen molar-refractivity contribution < 1.29 is 9.47 Å². The van der Waals surface area contributed by atoms with E-state index in [9.17, 15) is 0 Å². The van der Waals surface area contributed by atoms with Gasteiger partial charge in [-0.25, -0.2) is 0 Å². The van der Waals surface area contributed by atoms with Gasteiger partial charge in [0.2, 0.25) is 0 Å². The second kappa shape index (κ2) is 11.4. The fourth-order valence-electron chi connectivity index (χ4n) is 4.99. The largest absolute Gasteiger partial charge is 0.497 e. The molecule has 2 aliphatic rings. The molecule has 0 spiro atoms. The van der Waals surface area contributed by atoms with Gasteiger partial charge in [0.15, 0.2) is 0 Å². The van der Waals surface area contributed by atoms with Gasteiger partial charge >= 0.3 is 0 Å². The summed E-state index contributed by atoms with van der Waals surface area (Å²) in [7, 11) is 3.37. The molecule has 3 aromatic rings. The van der Waals surface area contributed by atoms with Crippen LogP contribution >= 0.6 is 12.4 Å². The molecule has 3 nitrogen and oxygen atoms in total. The van der Waals surface area contributed by atoms with E-state index in [-0.39, 0.29) is 12.4 Å². The molecule has 35 heavy (non-hydrogen) atoms. The summed E-state index contributed by atoms with van der Waals surface area (Å²) in [5, 5.41) is 0. The van der Waals surface area contributed by atoms with Gasteiger partial charge in [0.1, 0.15) is 11.5 Å². The standard InChI is InChI=1S/C31H31NO2.ClH/c1-33-27-16-15-25(30(22-27)34-2)10-7-19-32-20-17-26(18-21-32)31-28-11-5-3-8-23(28)13-14-24-9-4-6-12-29(24)31;/h3-16,22H,17-21H2,1-2H3;1H. The first-order valence-electron chi connectivity index (χ1n) is 12.0. The third-order valence-electron chi connectivity index (χ3n) is 6.82. The normalized spacial score (nSPS) is 15.3. The fraction of sp³-hybridized carbons (Fsp3) is 0.226. The average molecular weight is 486 g/mol. The minimum atomic E-state index is 0. The molecule has 0 N–H and O–H groups in total. The number of benzene rings is 3. The van der Waals surface area contributed by atoms with Crippen molar-refractivity contribution in [3.63, 3.8) is 0 Å². The van der Waals surface area contributed by atoms with E-state index in [1.165, 1.54) is 27.8 Å². The average Bonchev–Trinajstić information content (AvgIpc) is 3.06. The molecule has 0 atom stereocenters. The Labute approximate surface area is 214 Å². The molecule has 0 aromatic heterocycles. The van der Waals surface area contributed by atoms with Crippen molar-refractivity contribution in [3.05, 3.63) is 106 Å². The Morgan fingerprint density at radius 1 is 0.800 bits per heavy atom. The topological polar surface area (TPSA) is 21.7 Å². The molecule has 1 aliphatic carbocycles. The van der Waals surface area contributed by atoms with Crippen molar-refractivity contribution >= 4 is 36.2 Å². The molecule has 0 amide bonds. The van der Waals surface area contributed by atoms with Gasteiger partial charge in [-0.1, -0.05) is 78.4 Å². The Morgan fingerprint density at radius 2 is 1.43 bits per heavy atom. The Kier molecular flexibility index (Phi) is 8.12. The first kappa shape index (κ1) is 24.8. The summed E-state index contributed by atoms with van der Waals surface area (Å²) in [4.78, 5) is 2.53. The van der Waals surface area contributed by atoms with Crippen molar-refractivity contribution in [3.8, 4) is 11.5 Å². The molecule has 1 fully saturated rings. The molecule has 3 aromatic carbocycles. The Morgan fingerprint density at radius 3 is 2.03 bits per heavy atom. The smallest absolute Gasteiger partial charge is 0.129 e. The van der Waals surface area contributed by atoms with Gasteiger partial charge in [-0.3, -0.25) is 4.90 Å². The van der Waals surface area contributed by atoms with E-state index in [1.807, 2.05) is 18.2 Å². The van der Waals surface area contributed by atoms with Gasteiger partial charge in [-0.2, -0.15) is 0 Å². The van der Waals surface area contributed by atoms with Crippen molar-refractivity contribution in [2.45, 2.75) is 12.8 Å². The number of piperidine rings is 1. The van der Waals surface area contributed by atoms with Crippen molar-refractivity contribution in [2.24, 2.45) is 0 Å². The molecule has 0 radical (unpaired) electrons. The van der Waals surface area contributed by atoms with Crippen LogP contribution in [0.5, 0.6) is 11.5 Å². The first-order valence-corrected chi connectivity index (χ1v) is 12.0. The lowest BCUT2D eigenvalue weighted by Crippen LogP contribution is -2.31. The summed E-state index contributed by atoms with van der Waals surface area (Å²) in [5.74, 6) is 1.64. The number of ether oxygens (including phenoxy) is 2. The lowest BCUT2D eigenvalue weighted by atomic mass is 9.86. The highest BCUT2D eigenvalue weighted by atomic mass is 35.5. The van der Waals surface area contributed by atoms with Crippen LogP contribution in [0.25, 0.3) is 23.8 Å². The number of fused-ring (bicyclic) bond motifs is 2. The van der Waals surface area contributed by atoms with Gasteiger partial charge in [-0.15, -0.1) is 12.4 Å². The van der Waals surface area contributed by atoms with Crippen molar-refractivity contribution in [2.75, 3.05) is 33.9 Å². The molecule has 5 rings (SSSR count). The van der Waals surface area contributed by atoms with Crippen LogP contribution in [0.2, 0.25) is 0 Å². The van der Waals surface area contributed by atoms with Crippen molar-refractivity contribution in [1.29, 1.82) is 0 Å². The van der Waals surface area contributed by atoms with Gasteiger partial charge < -0.3 is 9.47 Å². The van der Waals surface area contributed by atoms with Crippen LogP contribution in [-0.4, -0.2) is 38.8 Å². The highest BCUT2D eigenvalue weighted by Gasteiger charge is 2.22. The minimum Gasteiger partial charge on any atom is -0.497 e. The summed E-state index contributed by atoms with van der Waals surface area (Å²) >= 11 is 0. The summed E-state index contributed by atoms with van der Waals surface area (Å²) in [5.41, 5.74) is 9.41. The Balaban J connectivity index is 0.00000289. The van der Waals surface area contributed by atoms with Gasteiger partial charge in [0.05, 0.1) is 14.2 Å². The maximum absolute atomic E-state index is 5.52. The Hall–Kier alpha value is -3.27. The number of rotatable bonds is 5. The fourth-order valence-corrected chi connectivity index (χ4v) is 4.99. The molecular weight excluding hydrogens is 454 g/mol. The molecule has 0 saturated carbocycles. The highest BCUT2D eigenvalue weighted by Crippen LogP contribution is 2.38. The van der Waals surface area contributed by atoms with Gasteiger partial charge in [-0.05, 0) is 52.8 Å². The van der Waals surface area contributed by atoms with E-state index >= 15 is 0 Å². The number of hydrogen-bond donors (Lipinski definition) is 0. The number of hydrogen-bond acceptors (Lipinski definition) is 3. The van der Waals surface area contributed by atoms with E-state index < -0.39 is 0 Å². The van der Waals surface area contributed by atoms with Crippen LogP contribution in [0.1, 0.15) is 40.7 Å². The predicted octanol–water partition coefficient (Wildman–Crippen LogP) is 7.22. The Bertz CT molecular complexity index is 1210. The van der Waals surface area contributed by atoms with Crippen LogP contribution in [-0.2, 0) is 0 Å².